The highest BCUT2D eigenvalue weighted by atomic mass is 16.3. The van der Waals surface area contributed by atoms with E-state index in [4.69, 9.17) is 0 Å². The van der Waals surface area contributed by atoms with Gasteiger partial charge in [0.15, 0.2) is 0 Å². The fourth-order valence-corrected chi connectivity index (χ4v) is 5.13. The van der Waals surface area contributed by atoms with E-state index < -0.39 is 41.9 Å². The van der Waals surface area contributed by atoms with Crippen molar-refractivity contribution in [2.75, 3.05) is 0 Å². The quantitative estimate of drug-likeness (QED) is 0.772. The number of carbonyl (C=O) groups is 3. The predicted molar refractivity (Wildman–Crippen MR) is 91.5 cm³/mol. The summed E-state index contributed by atoms with van der Waals surface area (Å²) in [7, 11) is 0. The summed E-state index contributed by atoms with van der Waals surface area (Å²) in [6, 6.07) is 8.94. The van der Waals surface area contributed by atoms with Crippen molar-refractivity contribution in [1.82, 2.24) is 4.90 Å². The van der Waals surface area contributed by atoms with Gasteiger partial charge in [-0.1, -0.05) is 30.3 Å². The summed E-state index contributed by atoms with van der Waals surface area (Å²) in [5.74, 6) is -3.01. The number of hydrogen-bond acceptors (Lipinski definition) is 5. The number of aliphatic hydroxyl groups excluding tert-OH is 2. The average Bonchev–Trinajstić information content (AvgIpc) is 2.90. The SMILES string of the molecule is C[C@@H](c1ccccc1)N1C(=O)[C@H]2[C@H]3[C@H](O)[C@H](O)CC(=O)[C@H]3CC[C@H]2C1=O. The molecular formula is C20H23NO5. The molecule has 1 aromatic carbocycles. The molecular weight excluding hydrogens is 334 g/mol. The van der Waals surface area contributed by atoms with Gasteiger partial charge in [0, 0.05) is 18.3 Å². The standard InChI is InChI=1S/C20H23NO5/c1-10(11-5-3-2-4-6-11)21-19(25)13-8-7-12-14(22)9-15(23)18(24)16(12)17(13)20(21)26/h2-6,10,12-13,15-18,23-24H,7-9H2,1H3/t10-,12+,13+,15+,16-,17+,18+/m0/s1. The van der Waals surface area contributed by atoms with E-state index in [1.807, 2.05) is 37.3 Å². The molecule has 0 unspecified atom stereocenters. The molecule has 0 radical (unpaired) electrons. The van der Waals surface area contributed by atoms with Gasteiger partial charge in [0.1, 0.15) is 5.78 Å². The Labute approximate surface area is 151 Å². The number of ketones is 1. The molecule has 2 N–H and O–H groups in total. The summed E-state index contributed by atoms with van der Waals surface area (Å²) in [6.45, 7) is 1.82. The number of imide groups is 1. The first-order valence-electron chi connectivity index (χ1n) is 9.22. The first-order valence-corrected chi connectivity index (χ1v) is 9.22. The third-order valence-corrected chi connectivity index (χ3v) is 6.46. The van der Waals surface area contributed by atoms with Crippen LogP contribution in [0.4, 0.5) is 0 Å². The van der Waals surface area contributed by atoms with Crippen LogP contribution >= 0.6 is 0 Å². The number of hydrogen-bond donors (Lipinski definition) is 2. The minimum Gasteiger partial charge on any atom is -0.390 e. The lowest BCUT2D eigenvalue weighted by molar-refractivity contribution is -0.156. The molecule has 0 spiro atoms. The fraction of sp³-hybridized carbons (Fsp3) is 0.550. The molecule has 1 aliphatic heterocycles. The van der Waals surface area contributed by atoms with Crippen molar-refractivity contribution < 1.29 is 24.6 Å². The molecule has 2 saturated carbocycles. The summed E-state index contributed by atoms with van der Waals surface area (Å²) in [5.41, 5.74) is 0.865. The molecule has 6 nitrogen and oxygen atoms in total. The van der Waals surface area contributed by atoms with Gasteiger partial charge in [-0.2, -0.15) is 0 Å². The zero-order chi connectivity index (χ0) is 18.6. The number of nitrogens with zero attached hydrogens (tertiary/aromatic N) is 1. The average molecular weight is 357 g/mol. The van der Waals surface area contributed by atoms with Gasteiger partial charge in [-0.25, -0.2) is 0 Å². The van der Waals surface area contributed by atoms with Crippen LogP contribution in [-0.2, 0) is 14.4 Å². The minimum atomic E-state index is -1.16. The maximum Gasteiger partial charge on any atom is 0.234 e. The predicted octanol–water partition coefficient (Wildman–Crippen LogP) is 1.07. The number of carbonyl (C=O) groups excluding carboxylic acids is 3. The van der Waals surface area contributed by atoms with Crippen LogP contribution in [0.25, 0.3) is 0 Å². The summed E-state index contributed by atoms with van der Waals surface area (Å²) < 4.78 is 0. The largest absolute Gasteiger partial charge is 0.390 e. The minimum absolute atomic E-state index is 0.0774. The number of Topliss-reactive ketones (excluding diaryl/α,β-unsaturated/α-hetero) is 1. The van der Waals surface area contributed by atoms with Crippen molar-refractivity contribution in [2.24, 2.45) is 23.7 Å². The monoisotopic (exact) mass is 357 g/mol. The van der Waals surface area contributed by atoms with Crippen LogP contribution in [0, 0.1) is 23.7 Å². The third kappa shape index (κ3) is 2.43. The van der Waals surface area contributed by atoms with Gasteiger partial charge in [-0.3, -0.25) is 19.3 Å². The molecule has 3 fully saturated rings. The van der Waals surface area contributed by atoms with E-state index in [0.29, 0.717) is 12.8 Å². The Balaban J connectivity index is 1.68. The molecule has 1 aromatic rings. The molecule has 7 atom stereocenters. The first kappa shape index (κ1) is 17.4. The lowest BCUT2D eigenvalue weighted by Crippen LogP contribution is -2.54. The molecule has 4 rings (SSSR count). The van der Waals surface area contributed by atoms with Crippen LogP contribution in [-0.4, -0.2) is 44.9 Å². The molecule has 3 aliphatic rings. The number of likely N-dealkylation sites (tertiary alicyclic amines) is 1. The molecule has 1 heterocycles. The van der Waals surface area contributed by atoms with Crippen molar-refractivity contribution in [2.45, 2.75) is 44.4 Å². The maximum absolute atomic E-state index is 13.2. The van der Waals surface area contributed by atoms with Crippen LogP contribution in [0.5, 0.6) is 0 Å². The van der Waals surface area contributed by atoms with Crippen LogP contribution in [0.15, 0.2) is 30.3 Å². The van der Waals surface area contributed by atoms with E-state index in [2.05, 4.69) is 0 Å². The van der Waals surface area contributed by atoms with Gasteiger partial charge in [-0.05, 0) is 25.3 Å². The molecule has 0 aromatic heterocycles. The van der Waals surface area contributed by atoms with Gasteiger partial charge >= 0.3 is 0 Å². The highest BCUT2D eigenvalue weighted by Gasteiger charge is 2.60. The van der Waals surface area contributed by atoms with E-state index >= 15 is 0 Å². The highest BCUT2D eigenvalue weighted by Crippen LogP contribution is 2.50. The van der Waals surface area contributed by atoms with E-state index in [-0.39, 0.29) is 24.0 Å². The van der Waals surface area contributed by atoms with Gasteiger partial charge in [0.05, 0.1) is 30.1 Å². The van der Waals surface area contributed by atoms with Crippen LogP contribution in [0.3, 0.4) is 0 Å². The lowest BCUT2D eigenvalue weighted by atomic mass is 9.60. The molecule has 6 heteroatoms. The Morgan fingerprint density at radius 3 is 2.35 bits per heavy atom. The van der Waals surface area contributed by atoms with Gasteiger partial charge < -0.3 is 10.2 Å². The Bertz CT molecular complexity index is 748. The fourth-order valence-electron chi connectivity index (χ4n) is 5.13. The molecule has 2 aliphatic carbocycles. The van der Waals surface area contributed by atoms with Crippen molar-refractivity contribution >= 4 is 17.6 Å². The smallest absolute Gasteiger partial charge is 0.234 e. The van der Waals surface area contributed by atoms with E-state index in [0.717, 1.165) is 5.56 Å². The molecule has 138 valence electrons. The van der Waals surface area contributed by atoms with Crippen molar-refractivity contribution in [3.05, 3.63) is 35.9 Å². The summed E-state index contributed by atoms with van der Waals surface area (Å²) >= 11 is 0. The Kier molecular flexibility index (Phi) is 4.20. The van der Waals surface area contributed by atoms with Crippen LogP contribution in [0.1, 0.15) is 37.8 Å². The number of aliphatic hydroxyl groups is 2. The zero-order valence-corrected chi connectivity index (χ0v) is 14.6. The normalized spacial score (nSPS) is 38.1. The number of fused-ring (bicyclic) bond motifs is 3. The van der Waals surface area contributed by atoms with E-state index in [1.54, 1.807) is 0 Å². The molecule has 1 saturated heterocycles. The first-order chi connectivity index (χ1) is 12.4. The third-order valence-electron chi connectivity index (χ3n) is 6.46. The van der Waals surface area contributed by atoms with Crippen molar-refractivity contribution in [1.29, 1.82) is 0 Å². The van der Waals surface area contributed by atoms with Crippen LogP contribution in [0.2, 0.25) is 0 Å². The van der Waals surface area contributed by atoms with E-state index in [9.17, 15) is 24.6 Å². The number of rotatable bonds is 2. The molecule has 26 heavy (non-hydrogen) atoms. The second-order valence-corrected chi connectivity index (χ2v) is 7.75. The van der Waals surface area contributed by atoms with Crippen LogP contribution < -0.4 is 0 Å². The van der Waals surface area contributed by atoms with Gasteiger partial charge in [0.2, 0.25) is 11.8 Å². The molecule has 2 amide bonds. The lowest BCUT2D eigenvalue weighted by Gasteiger charge is -2.44. The topological polar surface area (TPSA) is 94.9 Å². The summed E-state index contributed by atoms with van der Waals surface area (Å²) in [4.78, 5) is 39.8. The second kappa shape index (κ2) is 6.28. The van der Waals surface area contributed by atoms with Gasteiger partial charge in [-0.15, -0.1) is 0 Å². The highest BCUT2D eigenvalue weighted by molar-refractivity contribution is 6.06. The Morgan fingerprint density at radius 2 is 1.65 bits per heavy atom. The Hall–Kier alpha value is -2.05. The Morgan fingerprint density at radius 1 is 1.00 bits per heavy atom. The summed E-state index contributed by atoms with van der Waals surface area (Å²) in [5, 5.41) is 20.5. The number of amides is 2. The van der Waals surface area contributed by atoms with Crippen molar-refractivity contribution in [3.63, 3.8) is 0 Å². The zero-order valence-electron chi connectivity index (χ0n) is 14.6. The van der Waals surface area contributed by atoms with E-state index in [1.165, 1.54) is 4.90 Å². The number of benzene rings is 1. The maximum atomic E-state index is 13.2. The summed E-state index contributed by atoms with van der Waals surface area (Å²) in [6.07, 6.45) is -1.42. The molecule has 0 bridgehead atoms. The van der Waals surface area contributed by atoms with Crippen molar-refractivity contribution in [3.8, 4) is 0 Å². The van der Waals surface area contributed by atoms with Gasteiger partial charge in [0.25, 0.3) is 0 Å². The second-order valence-electron chi connectivity index (χ2n) is 7.75.